The first kappa shape index (κ1) is 8.30. The molecule has 1 aliphatic carbocycles. The molecular formula is C11H13NO. The molecule has 1 saturated carbocycles. The SMILES string of the molecule is C=Cc1ccnc(OC2CCC2)c1. The molecule has 0 aliphatic heterocycles. The minimum Gasteiger partial charge on any atom is -0.474 e. The predicted molar refractivity (Wildman–Crippen MR) is 52.6 cm³/mol. The van der Waals surface area contributed by atoms with E-state index in [9.17, 15) is 0 Å². The van der Waals surface area contributed by atoms with Gasteiger partial charge in [-0.1, -0.05) is 12.7 Å². The van der Waals surface area contributed by atoms with Gasteiger partial charge in [-0.2, -0.15) is 0 Å². The molecule has 1 aliphatic rings. The van der Waals surface area contributed by atoms with Crippen molar-refractivity contribution in [3.8, 4) is 5.88 Å². The Morgan fingerprint density at radius 2 is 2.38 bits per heavy atom. The summed E-state index contributed by atoms with van der Waals surface area (Å²) < 4.78 is 5.63. The van der Waals surface area contributed by atoms with Gasteiger partial charge in [-0.25, -0.2) is 4.98 Å². The van der Waals surface area contributed by atoms with Gasteiger partial charge in [0.15, 0.2) is 0 Å². The van der Waals surface area contributed by atoms with Crippen molar-refractivity contribution in [1.82, 2.24) is 4.98 Å². The maximum absolute atomic E-state index is 5.63. The van der Waals surface area contributed by atoms with Crippen molar-refractivity contribution in [1.29, 1.82) is 0 Å². The van der Waals surface area contributed by atoms with E-state index in [4.69, 9.17) is 4.74 Å². The van der Waals surface area contributed by atoms with E-state index in [-0.39, 0.29) is 0 Å². The van der Waals surface area contributed by atoms with Crippen LogP contribution in [0.25, 0.3) is 6.08 Å². The quantitative estimate of drug-likeness (QED) is 0.704. The van der Waals surface area contributed by atoms with E-state index >= 15 is 0 Å². The number of hydrogen-bond donors (Lipinski definition) is 0. The maximum atomic E-state index is 5.63. The first-order chi connectivity index (χ1) is 6.38. The third kappa shape index (κ3) is 1.89. The van der Waals surface area contributed by atoms with Crippen molar-refractivity contribution < 1.29 is 4.74 Å². The van der Waals surface area contributed by atoms with Crippen LogP contribution in [0, 0.1) is 0 Å². The second-order valence-corrected chi connectivity index (χ2v) is 3.30. The predicted octanol–water partition coefficient (Wildman–Crippen LogP) is 2.66. The number of rotatable bonds is 3. The average Bonchev–Trinajstić information content (AvgIpc) is 2.12. The molecule has 0 amide bonds. The van der Waals surface area contributed by atoms with Crippen LogP contribution in [0.3, 0.4) is 0 Å². The average molecular weight is 175 g/mol. The molecule has 2 nitrogen and oxygen atoms in total. The highest BCUT2D eigenvalue weighted by Crippen LogP contribution is 2.24. The summed E-state index contributed by atoms with van der Waals surface area (Å²) in [5.74, 6) is 0.724. The molecule has 0 bridgehead atoms. The summed E-state index contributed by atoms with van der Waals surface area (Å²) in [5, 5.41) is 0. The number of pyridine rings is 1. The van der Waals surface area contributed by atoms with Crippen LogP contribution in [0.15, 0.2) is 24.9 Å². The lowest BCUT2D eigenvalue weighted by Crippen LogP contribution is -2.24. The maximum Gasteiger partial charge on any atom is 0.214 e. The summed E-state index contributed by atoms with van der Waals surface area (Å²) in [6.45, 7) is 3.70. The lowest BCUT2D eigenvalue weighted by atomic mass is 9.96. The van der Waals surface area contributed by atoms with Crippen molar-refractivity contribution in [2.24, 2.45) is 0 Å². The number of hydrogen-bond acceptors (Lipinski definition) is 2. The van der Waals surface area contributed by atoms with Gasteiger partial charge in [0.05, 0.1) is 0 Å². The highest BCUT2D eigenvalue weighted by molar-refractivity contribution is 5.47. The molecule has 2 rings (SSSR count). The van der Waals surface area contributed by atoms with Crippen LogP contribution in [-0.4, -0.2) is 11.1 Å². The van der Waals surface area contributed by atoms with Crippen LogP contribution in [0.2, 0.25) is 0 Å². The fourth-order valence-corrected chi connectivity index (χ4v) is 1.28. The smallest absolute Gasteiger partial charge is 0.214 e. The molecule has 68 valence electrons. The zero-order chi connectivity index (χ0) is 9.10. The Labute approximate surface area is 78.3 Å². The van der Waals surface area contributed by atoms with Crippen LogP contribution in [0.5, 0.6) is 5.88 Å². The molecule has 1 aromatic heterocycles. The number of nitrogens with zero attached hydrogens (tertiary/aromatic N) is 1. The van der Waals surface area contributed by atoms with E-state index in [2.05, 4.69) is 11.6 Å². The summed E-state index contributed by atoms with van der Waals surface area (Å²) in [7, 11) is 0. The molecule has 0 unspecified atom stereocenters. The summed E-state index contributed by atoms with van der Waals surface area (Å²) in [6.07, 6.45) is 7.57. The van der Waals surface area contributed by atoms with Crippen LogP contribution in [-0.2, 0) is 0 Å². The second kappa shape index (κ2) is 3.60. The molecule has 1 heterocycles. The summed E-state index contributed by atoms with van der Waals surface area (Å²) in [6, 6.07) is 3.84. The van der Waals surface area contributed by atoms with E-state index in [1.54, 1.807) is 12.3 Å². The van der Waals surface area contributed by atoms with Gasteiger partial charge in [-0.15, -0.1) is 0 Å². The summed E-state index contributed by atoms with van der Waals surface area (Å²) in [4.78, 5) is 4.14. The molecular weight excluding hydrogens is 162 g/mol. The van der Waals surface area contributed by atoms with Crippen molar-refractivity contribution >= 4 is 6.08 Å². The molecule has 0 radical (unpaired) electrons. The second-order valence-electron chi connectivity index (χ2n) is 3.30. The van der Waals surface area contributed by atoms with Crippen molar-refractivity contribution in [2.45, 2.75) is 25.4 Å². The van der Waals surface area contributed by atoms with Gasteiger partial charge in [-0.3, -0.25) is 0 Å². The Hall–Kier alpha value is -1.31. The van der Waals surface area contributed by atoms with Crippen LogP contribution in [0.1, 0.15) is 24.8 Å². The summed E-state index contributed by atoms with van der Waals surface area (Å²) >= 11 is 0. The molecule has 2 heteroatoms. The normalized spacial score (nSPS) is 16.3. The Balaban J connectivity index is 2.05. The Bertz CT molecular complexity index is 305. The zero-order valence-corrected chi connectivity index (χ0v) is 7.57. The fourth-order valence-electron chi connectivity index (χ4n) is 1.28. The van der Waals surface area contributed by atoms with Crippen molar-refractivity contribution in [2.75, 3.05) is 0 Å². The first-order valence-electron chi connectivity index (χ1n) is 4.63. The molecule has 13 heavy (non-hydrogen) atoms. The Morgan fingerprint density at radius 1 is 1.54 bits per heavy atom. The third-order valence-corrected chi connectivity index (χ3v) is 2.33. The van der Waals surface area contributed by atoms with Crippen molar-refractivity contribution in [3.63, 3.8) is 0 Å². The Kier molecular flexibility index (Phi) is 2.30. The number of ether oxygens (including phenoxy) is 1. The van der Waals surface area contributed by atoms with E-state index in [0.717, 1.165) is 11.4 Å². The van der Waals surface area contributed by atoms with E-state index in [1.807, 2.05) is 12.1 Å². The van der Waals surface area contributed by atoms with Gasteiger partial charge in [0.25, 0.3) is 0 Å². The number of aromatic nitrogens is 1. The van der Waals surface area contributed by atoms with Gasteiger partial charge >= 0.3 is 0 Å². The van der Waals surface area contributed by atoms with Gasteiger partial charge in [-0.05, 0) is 30.9 Å². The zero-order valence-electron chi connectivity index (χ0n) is 7.57. The lowest BCUT2D eigenvalue weighted by molar-refractivity contribution is 0.114. The van der Waals surface area contributed by atoms with E-state index < -0.39 is 0 Å². The monoisotopic (exact) mass is 175 g/mol. The molecule has 0 aromatic carbocycles. The highest BCUT2D eigenvalue weighted by atomic mass is 16.5. The largest absolute Gasteiger partial charge is 0.474 e. The highest BCUT2D eigenvalue weighted by Gasteiger charge is 2.19. The molecule has 0 saturated heterocycles. The fraction of sp³-hybridized carbons (Fsp3) is 0.364. The lowest BCUT2D eigenvalue weighted by Gasteiger charge is -2.25. The standard InChI is InChI=1S/C11H13NO/c1-2-9-6-7-12-11(8-9)13-10-4-3-5-10/h2,6-8,10H,1,3-5H2. The van der Waals surface area contributed by atoms with E-state index in [0.29, 0.717) is 6.10 Å². The topological polar surface area (TPSA) is 22.1 Å². The van der Waals surface area contributed by atoms with Crippen LogP contribution >= 0.6 is 0 Å². The van der Waals surface area contributed by atoms with Crippen LogP contribution in [0.4, 0.5) is 0 Å². The van der Waals surface area contributed by atoms with E-state index in [1.165, 1.54) is 19.3 Å². The van der Waals surface area contributed by atoms with Gasteiger partial charge in [0.1, 0.15) is 6.10 Å². The molecule has 0 atom stereocenters. The first-order valence-corrected chi connectivity index (χ1v) is 4.63. The Morgan fingerprint density at radius 3 is 3.00 bits per heavy atom. The van der Waals surface area contributed by atoms with Crippen LogP contribution < -0.4 is 4.74 Å². The van der Waals surface area contributed by atoms with Crippen molar-refractivity contribution in [3.05, 3.63) is 30.5 Å². The third-order valence-electron chi connectivity index (χ3n) is 2.33. The van der Waals surface area contributed by atoms with Gasteiger partial charge in [0.2, 0.25) is 5.88 Å². The molecule has 1 fully saturated rings. The van der Waals surface area contributed by atoms with Gasteiger partial charge in [0, 0.05) is 12.3 Å². The minimum atomic E-state index is 0.396. The molecule has 0 N–H and O–H groups in total. The molecule has 1 aromatic rings. The summed E-state index contributed by atoms with van der Waals surface area (Å²) in [5.41, 5.74) is 1.06. The molecule has 0 spiro atoms. The minimum absolute atomic E-state index is 0.396. The van der Waals surface area contributed by atoms with Gasteiger partial charge < -0.3 is 4.74 Å².